The number of benzene rings is 1. The molecule has 0 saturated carbocycles. The molecule has 1 atom stereocenters. The number of carbonyl (C=O) groups excluding carboxylic acids is 1. The van der Waals surface area contributed by atoms with E-state index in [0.29, 0.717) is 34.4 Å². The van der Waals surface area contributed by atoms with Crippen LogP contribution < -0.4 is 10.1 Å². The SMILES string of the molecule is Cc1nn(-c2ccc3nnc(C)n3n2)c2c1[C@H](c1cccc(OC(F)F)c1)CC(=O)N2. The number of aromatic nitrogens is 6. The van der Waals surface area contributed by atoms with Crippen LogP contribution in [0.25, 0.3) is 11.5 Å². The highest BCUT2D eigenvalue weighted by Gasteiger charge is 2.33. The molecule has 1 aliphatic heterocycles. The van der Waals surface area contributed by atoms with E-state index in [0.717, 1.165) is 5.56 Å². The van der Waals surface area contributed by atoms with E-state index in [9.17, 15) is 13.6 Å². The van der Waals surface area contributed by atoms with Gasteiger partial charge in [0.25, 0.3) is 0 Å². The van der Waals surface area contributed by atoms with Crippen molar-refractivity contribution in [2.45, 2.75) is 32.8 Å². The van der Waals surface area contributed by atoms with Gasteiger partial charge in [-0.15, -0.1) is 15.3 Å². The van der Waals surface area contributed by atoms with E-state index in [1.54, 1.807) is 40.4 Å². The predicted octanol–water partition coefficient (Wildman–Crippen LogP) is 3.00. The van der Waals surface area contributed by atoms with Crippen LogP contribution in [0.3, 0.4) is 0 Å². The fourth-order valence-electron chi connectivity index (χ4n) is 3.90. The Hall–Kier alpha value is -3.89. The van der Waals surface area contributed by atoms with Gasteiger partial charge in [-0.25, -0.2) is 0 Å². The Morgan fingerprint density at radius 3 is 2.81 bits per heavy atom. The molecular weight excluding hydrogens is 408 g/mol. The molecule has 0 bridgehead atoms. The minimum Gasteiger partial charge on any atom is -0.435 e. The van der Waals surface area contributed by atoms with Crippen LogP contribution in [0.15, 0.2) is 36.4 Å². The van der Waals surface area contributed by atoms with E-state index in [4.69, 9.17) is 0 Å². The van der Waals surface area contributed by atoms with Gasteiger partial charge < -0.3 is 10.1 Å². The lowest BCUT2D eigenvalue weighted by atomic mass is 9.86. The summed E-state index contributed by atoms with van der Waals surface area (Å²) in [6.07, 6.45) is 0.161. The number of rotatable bonds is 4. The Kier molecular flexibility index (Phi) is 4.38. The molecule has 1 aromatic carbocycles. The van der Waals surface area contributed by atoms with Crippen LogP contribution in [0.5, 0.6) is 5.75 Å². The zero-order chi connectivity index (χ0) is 21.7. The minimum absolute atomic E-state index is 0.0419. The number of fused-ring (bicyclic) bond motifs is 2. The molecule has 3 aromatic heterocycles. The quantitative estimate of drug-likeness (QED) is 0.540. The van der Waals surface area contributed by atoms with Gasteiger partial charge in [0.15, 0.2) is 17.3 Å². The topological polar surface area (TPSA) is 99.2 Å². The van der Waals surface area contributed by atoms with Gasteiger partial charge in [-0.3, -0.25) is 4.79 Å². The normalized spacial score (nSPS) is 15.9. The third kappa shape index (κ3) is 3.27. The summed E-state index contributed by atoms with van der Waals surface area (Å²) in [5, 5.41) is 20.0. The summed E-state index contributed by atoms with van der Waals surface area (Å²) >= 11 is 0. The van der Waals surface area contributed by atoms with Gasteiger partial charge >= 0.3 is 6.61 Å². The molecule has 0 saturated heterocycles. The van der Waals surface area contributed by atoms with Gasteiger partial charge in [0.05, 0.1) is 5.69 Å². The summed E-state index contributed by atoms with van der Waals surface area (Å²) < 4.78 is 33.0. The first-order valence-electron chi connectivity index (χ1n) is 9.54. The maximum Gasteiger partial charge on any atom is 0.387 e. The number of ether oxygens (including phenoxy) is 1. The van der Waals surface area contributed by atoms with Crippen molar-refractivity contribution in [2.75, 3.05) is 5.32 Å². The van der Waals surface area contributed by atoms with Gasteiger partial charge in [0, 0.05) is 17.9 Å². The lowest BCUT2D eigenvalue weighted by Gasteiger charge is -2.24. The monoisotopic (exact) mass is 425 g/mol. The first kappa shape index (κ1) is 19.1. The summed E-state index contributed by atoms with van der Waals surface area (Å²) in [5.41, 5.74) is 2.78. The molecule has 0 radical (unpaired) electrons. The van der Waals surface area contributed by atoms with Crippen molar-refractivity contribution >= 4 is 17.4 Å². The molecule has 1 amide bonds. The standard InChI is InChI=1S/C20H17F2N7O2/c1-10-18-14(12-4-3-5-13(8-12)31-20(21)22)9-17(30)23-19(18)29(26-10)16-7-6-15-25-24-11(2)28(15)27-16/h3-8,14,20H,9H2,1-2H3,(H,23,30)/t14-/m0/s1. The van der Waals surface area contributed by atoms with Gasteiger partial charge in [-0.1, -0.05) is 12.1 Å². The summed E-state index contributed by atoms with van der Waals surface area (Å²) in [7, 11) is 0. The van der Waals surface area contributed by atoms with E-state index in [2.05, 4.69) is 30.4 Å². The zero-order valence-corrected chi connectivity index (χ0v) is 16.6. The van der Waals surface area contributed by atoms with Crippen LogP contribution >= 0.6 is 0 Å². The van der Waals surface area contributed by atoms with Gasteiger partial charge in [-0.05, 0) is 43.7 Å². The molecule has 0 aliphatic carbocycles. The maximum absolute atomic E-state index is 12.6. The number of aryl methyl sites for hydroxylation is 2. The van der Waals surface area contributed by atoms with Gasteiger partial charge in [-0.2, -0.15) is 23.1 Å². The Morgan fingerprint density at radius 1 is 1.16 bits per heavy atom. The molecule has 1 N–H and O–H groups in total. The molecule has 158 valence electrons. The Labute approximate surface area is 174 Å². The highest BCUT2D eigenvalue weighted by Crippen LogP contribution is 2.40. The fourth-order valence-corrected chi connectivity index (χ4v) is 3.90. The molecule has 0 spiro atoms. The van der Waals surface area contributed by atoms with E-state index < -0.39 is 6.61 Å². The second-order valence-corrected chi connectivity index (χ2v) is 7.22. The number of halogens is 2. The summed E-state index contributed by atoms with van der Waals surface area (Å²) in [5.74, 6) is 1.07. The highest BCUT2D eigenvalue weighted by atomic mass is 19.3. The summed E-state index contributed by atoms with van der Waals surface area (Å²) in [6.45, 7) is 0.696. The van der Waals surface area contributed by atoms with Crippen molar-refractivity contribution in [1.29, 1.82) is 0 Å². The van der Waals surface area contributed by atoms with E-state index in [1.807, 2.05) is 6.92 Å². The molecule has 9 nitrogen and oxygen atoms in total. The number of nitrogens with zero attached hydrogens (tertiary/aromatic N) is 6. The second kappa shape index (κ2) is 7.11. The number of nitrogens with one attached hydrogen (secondary N) is 1. The molecule has 31 heavy (non-hydrogen) atoms. The summed E-state index contributed by atoms with van der Waals surface area (Å²) in [4.78, 5) is 12.5. The van der Waals surface area contributed by atoms with Crippen LogP contribution in [0, 0.1) is 13.8 Å². The third-order valence-corrected chi connectivity index (χ3v) is 5.21. The van der Waals surface area contributed by atoms with Crippen molar-refractivity contribution in [1.82, 2.24) is 29.6 Å². The highest BCUT2D eigenvalue weighted by molar-refractivity contribution is 5.95. The first-order valence-corrected chi connectivity index (χ1v) is 9.54. The van der Waals surface area contributed by atoms with Gasteiger partial charge in [0.2, 0.25) is 5.91 Å². The number of carbonyl (C=O) groups is 1. The second-order valence-electron chi connectivity index (χ2n) is 7.22. The van der Waals surface area contributed by atoms with Crippen molar-refractivity contribution in [2.24, 2.45) is 0 Å². The Balaban J connectivity index is 1.62. The van der Waals surface area contributed by atoms with Crippen molar-refractivity contribution in [3.05, 3.63) is 59.0 Å². The number of alkyl halides is 2. The summed E-state index contributed by atoms with van der Waals surface area (Å²) in [6, 6.07) is 9.90. The first-order chi connectivity index (χ1) is 14.9. The average Bonchev–Trinajstić information content (AvgIpc) is 3.27. The van der Waals surface area contributed by atoms with Crippen LogP contribution in [0.2, 0.25) is 0 Å². The molecule has 1 aliphatic rings. The largest absolute Gasteiger partial charge is 0.435 e. The number of anilines is 1. The van der Waals surface area contributed by atoms with Crippen LogP contribution in [0.1, 0.15) is 35.0 Å². The van der Waals surface area contributed by atoms with Crippen LogP contribution in [0.4, 0.5) is 14.6 Å². The molecule has 5 rings (SSSR count). The fraction of sp³-hybridized carbons (Fsp3) is 0.250. The predicted molar refractivity (Wildman–Crippen MR) is 106 cm³/mol. The number of hydrogen-bond acceptors (Lipinski definition) is 6. The molecule has 11 heteroatoms. The Bertz CT molecular complexity index is 1310. The van der Waals surface area contributed by atoms with E-state index in [-0.39, 0.29) is 24.0 Å². The lowest BCUT2D eigenvalue weighted by Crippen LogP contribution is -2.25. The number of hydrogen-bond donors (Lipinski definition) is 1. The van der Waals surface area contributed by atoms with Crippen LogP contribution in [-0.2, 0) is 4.79 Å². The average molecular weight is 425 g/mol. The molecular formula is C20H17F2N7O2. The molecule has 0 unspecified atom stereocenters. The molecule has 4 aromatic rings. The molecule has 0 fully saturated rings. The molecule has 4 heterocycles. The van der Waals surface area contributed by atoms with E-state index in [1.165, 1.54) is 12.1 Å². The van der Waals surface area contributed by atoms with Gasteiger partial charge in [0.1, 0.15) is 11.6 Å². The number of amides is 1. The van der Waals surface area contributed by atoms with Crippen LogP contribution in [-0.4, -0.2) is 42.1 Å². The van der Waals surface area contributed by atoms with E-state index >= 15 is 0 Å². The van der Waals surface area contributed by atoms with Crippen molar-refractivity contribution in [3.63, 3.8) is 0 Å². The lowest BCUT2D eigenvalue weighted by molar-refractivity contribution is -0.116. The maximum atomic E-state index is 12.6. The third-order valence-electron chi connectivity index (χ3n) is 5.21. The van der Waals surface area contributed by atoms with Crippen molar-refractivity contribution < 1.29 is 18.3 Å². The minimum atomic E-state index is -2.92. The van der Waals surface area contributed by atoms with Crippen molar-refractivity contribution in [3.8, 4) is 11.6 Å². The Morgan fingerprint density at radius 2 is 2.00 bits per heavy atom. The smallest absolute Gasteiger partial charge is 0.387 e. The zero-order valence-electron chi connectivity index (χ0n) is 16.6.